The Bertz CT molecular complexity index is 2850. The van der Waals surface area contributed by atoms with Crippen molar-refractivity contribution in [1.29, 1.82) is 0 Å². The summed E-state index contributed by atoms with van der Waals surface area (Å²) in [5.74, 6) is 0.598. The predicted octanol–water partition coefficient (Wildman–Crippen LogP) is 13.4. The maximum Gasteiger partial charge on any atom is 0.227 e. The molecule has 8 aromatic carbocycles. The second kappa shape index (κ2) is 11.9. The molecule has 0 aliphatic rings. The molecule has 0 unspecified atom stereocenters. The van der Waals surface area contributed by atoms with E-state index in [1.807, 2.05) is 48.5 Å². The molecule has 240 valence electrons. The van der Waals surface area contributed by atoms with Crippen LogP contribution in [0.1, 0.15) is 0 Å². The topological polar surface area (TPSA) is 42.4 Å². The molecule has 4 heteroatoms. The highest BCUT2D eigenvalue weighted by Gasteiger charge is 2.20. The van der Waals surface area contributed by atoms with Crippen LogP contribution < -0.4 is 4.90 Å². The van der Waals surface area contributed by atoms with Gasteiger partial charge in [0.1, 0.15) is 16.7 Å². The first kappa shape index (κ1) is 29.0. The molecule has 10 aromatic rings. The number of benzene rings is 8. The van der Waals surface area contributed by atoms with Crippen LogP contribution >= 0.6 is 0 Å². The lowest BCUT2D eigenvalue weighted by atomic mass is 10.00. The number of fused-ring (bicyclic) bond motifs is 6. The normalized spacial score (nSPS) is 11.5. The fourth-order valence-electron chi connectivity index (χ4n) is 7.16. The summed E-state index contributed by atoms with van der Waals surface area (Å²) in [6.45, 7) is 0. The number of oxazole rings is 1. The largest absolute Gasteiger partial charge is 0.456 e. The molecule has 2 aromatic heterocycles. The summed E-state index contributed by atoms with van der Waals surface area (Å²) in [6, 6.07) is 63.5. The van der Waals surface area contributed by atoms with Crippen LogP contribution in [-0.4, -0.2) is 4.98 Å². The van der Waals surface area contributed by atoms with E-state index >= 15 is 0 Å². The smallest absolute Gasteiger partial charge is 0.227 e. The van der Waals surface area contributed by atoms with Gasteiger partial charge in [-0.1, -0.05) is 109 Å². The molecular formula is C47H30N2O2. The first-order valence-corrected chi connectivity index (χ1v) is 17.1. The van der Waals surface area contributed by atoms with E-state index in [1.54, 1.807) is 0 Å². The lowest BCUT2D eigenvalue weighted by molar-refractivity contribution is 0.619. The van der Waals surface area contributed by atoms with E-state index in [4.69, 9.17) is 13.8 Å². The highest BCUT2D eigenvalue weighted by molar-refractivity contribution is 6.17. The SMILES string of the molecule is c1ccc(-c2ccc(N(c3cccc(-c4ccc5ccccc5c4)c3)c3ccc4c(c3)oc3ccc5oc(-c6ccccc6)nc5c34)cc2)cc1. The minimum absolute atomic E-state index is 0.598. The highest BCUT2D eigenvalue weighted by atomic mass is 16.4. The molecule has 0 saturated carbocycles. The summed E-state index contributed by atoms with van der Waals surface area (Å²) in [5.41, 5.74) is 11.8. The van der Waals surface area contributed by atoms with Gasteiger partial charge >= 0.3 is 0 Å². The molecule has 0 aliphatic heterocycles. The first-order chi connectivity index (χ1) is 25.2. The molecule has 0 bridgehead atoms. The number of anilines is 3. The van der Waals surface area contributed by atoms with Crippen LogP contribution in [0.5, 0.6) is 0 Å². The molecule has 0 spiro atoms. The van der Waals surface area contributed by atoms with Crippen molar-refractivity contribution < 1.29 is 8.83 Å². The zero-order chi connectivity index (χ0) is 33.7. The average molecular weight is 655 g/mol. The summed E-state index contributed by atoms with van der Waals surface area (Å²) >= 11 is 0. The van der Waals surface area contributed by atoms with Gasteiger partial charge in [0, 0.05) is 34.1 Å². The third kappa shape index (κ3) is 5.13. The van der Waals surface area contributed by atoms with Gasteiger partial charge in [-0.3, -0.25) is 0 Å². The Balaban J connectivity index is 1.11. The van der Waals surface area contributed by atoms with Gasteiger partial charge in [-0.05, 0) is 99.8 Å². The third-order valence-electron chi connectivity index (χ3n) is 9.68. The number of hydrogen-bond donors (Lipinski definition) is 0. The Morgan fingerprint density at radius 1 is 0.373 bits per heavy atom. The summed E-state index contributed by atoms with van der Waals surface area (Å²) in [5, 5.41) is 4.41. The van der Waals surface area contributed by atoms with Crippen molar-refractivity contribution in [3.8, 4) is 33.7 Å². The second-order valence-corrected chi connectivity index (χ2v) is 12.8. The number of nitrogens with zero attached hydrogens (tertiary/aromatic N) is 2. The Hall–Kier alpha value is -6.91. The minimum atomic E-state index is 0.598. The molecule has 10 rings (SSSR count). The summed E-state index contributed by atoms with van der Waals surface area (Å²) in [4.78, 5) is 7.24. The van der Waals surface area contributed by atoms with Crippen LogP contribution in [-0.2, 0) is 0 Å². The molecule has 0 atom stereocenters. The monoisotopic (exact) mass is 654 g/mol. The fourth-order valence-corrected chi connectivity index (χ4v) is 7.16. The van der Waals surface area contributed by atoms with Crippen LogP contribution in [0, 0.1) is 0 Å². The summed E-state index contributed by atoms with van der Waals surface area (Å²) < 4.78 is 12.8. The Labute approximate surface area is 294 Å². The predicted molar refractivity (Wildman–Crippen MR) is 210 cm³/mol. The van der Waals surface area contributed by atoms with E-state index in [1.165, 1.54) is 27.5 Å². The molecule has 51 heavy (non-hydrogen) atoms. The van der Waals surface area contributed by atoms with E-state index in [9.17, 15) is 0 Å². The molecule has 0 amide bonds. The highest BCUT2D eigenvalue weighted by Crippen LogP contribution is 2.42. The standard InChI is InChI=1S/C47H30N2O2/c1-3-10-31(11-4-1)33-20-22-38(23-21-33)49(39-17-9-16-36(29-39)37-19-18-32-12-7-8-15-35(32)28-37)40-24-25-41-44(30-40)50-42-26-27-43-46(45(41)42)48-47(51-43)34-13-5-2-6-14-34/h1-30H. The van der Waals surface area contributed by atoms with Crippen LogP contribution in [0.3, 0.4) is 0 Å². The number of rotatable bonds is 6. The van der Waals surface area contributed by atoms with E-state index in [2.05, 4.69) is 138 Å². The third-order valence-corrected chi connectivity index (χ3v) is 9.68. The van der Waals surface area contributed by atoms with Gasteiger partial charge in [0.2, 0.25) is 5.89 Å². The van der Waals surface area contributed by atoms with Gasteiger partial charge < -0.3 is 13.7 Å². The summed E-state index contributed by atoms with van der Waals surface area (Å²) in [6.07, 6.45) is 0. The van der Waals surface area contributed by atoms with Gasteiger partial charge in [-0.15, -0.1) is 0 Å². The maximum atomic E-state index is 6.54. The Kier molecular flexibility index (Phi) is 6.78. The van der Waals surface area contributed by atoms with Gasteiger partial charge in [-0.25, -0.2) is 4.98 Å². The van der Waals surface area contributed by atoms with Crippen molar-refractivity contribution >= 4 is 60.9 Å². The van der Waals surface area contributed by atoms with Crippen molar-refractivity contribution in [1.82, 2.24) is 4.98 Å². The fraction of sp³-hybridized carbons (Fsp3) is 0. The molecule has 0 aliphatic carbocycles. The van der Waals surface area contributed by atoms with Gasteiger partial charge in [0.05, 0.1) is 5.39 Å². The van der Waals surface area contributed by atoms with Crippen molar-refractivity contribution in [2.75, 3.05) is 4.90 Å². The lowest BCUT2D eigenvalue weighted by Gasteiger charge is -2.26. The number of hydrogen-bond acceptors (Lipinski definition) is 4. The first-order valence-electron chi connectivity index (χ1n) is 17.1. The zero-order valence-electron chi connectivity index (χ0n) is 27.5. The van der Waals surface area contributed by atoms with Crippen molar-refractivity contribution in [3.05, 3.63) is 182 Å². The number of furan rings is 1. The molecule has 0 radical (unpaired) electrons. The van der Waals surface area contributed by atoms with E-state index < -0.39 is 0 Å². The molecule has 0 saturated heterocycles. The van der Waals surface area contributed by atoms with Gasteiger partial charge in [0.25, 0.3) is 0 Å². The van der Waals surface area contributed by atoms with E-state index in [0.717, 1.165) is 61.2 Å². The maximum absolute atomic E-state index is 6.54. The lowest BCUT2D eigenvalue weighted by Crippen LogP contribution is -2.10. The average Bonchev–Trinajstić information content (AvgIpc) is 3.80. The quantitative estimate of drug-likeness (QED) is 0.179. The Morgan fingerprint density at radius 2 is 1.00 bits per heavy atom. The van der Waals surface area contributed by atoms with Crippen LogP contribution in [0.2, 0.25) is 0 Å². The Morgan fingerprint density at radius 3 is 1.82 bits per heavy atom. The zero-order valence-corrected chi connectivity index (χ0v) is 27.5. The molecule has 2 heterocycles. The van der Waals surface area contributed by atoms with Crippen LogP contribution in [0.25, 0.3) is 77.5 Å². The molecule has 0 N–H and O–H groups in total. The van der Waals surface area contributed by atoms with Crippen molar-refractivity contribution in [2.45, 2.75) is 0 Å². The van der Waals surface area contributed by atoms with Gasteiger partial charge in [-0.2, -0.15) is 0 Å². The minimum Gasteiger partial charge on any atom is -0.456 e. The van der Waals surface area contributed by atoms with Crippen molar-refractivity contribution in [3.63, 3.8) is 0 Å². The second-order valence-electron chi connectivity index (χ2n) is 12.8. The summed E-state index contributed by atoms with van der Waals surface area (Å²) in [7, 11) is 0. The van der Waals surface area contributed by atoms with E-state index in [-0.39, 0.29) is 0 Å². The number of aromatic nitrogens is 1. The van der Waals surface area contributed by atoms with Gasteiger partial charge in [0.15, 0.2) is 5.58 Å². The van der Waals surface area contributed by atoms with Crippen LogP contribution in [0.15, 0.2) is 191 Å². The van der Waals surface area contributed by atoms with Crippen molar-refractivity contribution in [2.24, 2.45) is 0 Å². The van der Waals surface area contributed by atoms with E-state index in [0.29, 0.717) is 5.89 Å². The molecule has 0 fully saturated rings. The molecular weight excluding hydrogens is 625 g/mol. The molecule has 4 nitrogen and oxygen atoms in total. The van der Waals surface area contributed by atoms with Crippen LogP contribution in [0.4, 0.5) is 17.1 Å².